The van der Waals surface area contributed by atoms with Gasteiger partial charge in [0.25, 0.3) is 10.0 Å². The van der Waals surface area contributed by atoms with E-state index in [9.17, 15) is 8.42 Å². The van der Waals surface area contributed by atoms with Gasteiger partial charge in [0, 0.05) is 36.0 Å². The van der Waals surface area contributed by atoms with Crippen LogP contribution in [-0.2, 0) is 16.6 Å². The molecule has 3 aromatic rings. The number of sulfonamides is 1. The standard InChI is InChI=1S/C25H29ClFN5O4S/c1-35-17-8-7-16(23(11-17)36-2)14-32(25-9-10-29-15-30-25)37(33,34)24-12-18(26)22(13-19(24)27)31-21-6-4-3-5-20(21)28/h7-13,15,20-21,31H,3-6,14,28H2,1-2H3/t20-,21-/m0/s1. The second-order valence-corrected chi connectivity index (χ2v) is 11.0. The maximum atomic E-state index is 15.4. The van der Waals surface area contributed by atoms with Crippen molar-refractivity contribution >= 4 is 33.1 Å². The molecule has 9 nitrogen and oxygen atoms in total. The van der Waals surface area contributed by atoms with Gasteiger partial charge in [-0.15, -0.1) is 0 Å². The molecule has 2 atom stereocenters. The molecule has 1 fully saturated rings. The summed E-state index contributed by atoms with van der Waals surface area (Å²) >= 11 is 6.45. The summed E-state index contributed by atoms with van der Waals surface area (Å²) in [5.41, 5.74) is 7.01. The van der Waals surface area contributed by atoms with Gasteiger partial charge < -0.3 is 20.5 Å². The lowest BCUT2D eigenvalue weighted by Gasteiger charge is -2.30. The van der Waals surface area contributed by atoms with Gasteiger partial charge in [0.2, 0.25) is 0 Å². The molecule has 0 radical (unpaired) electrons. The average Bonchev–Trinajstić information content (AvgIpc) is 2.90. The molecule has 0 spiro atoms. The highest BCUT2D eigenvalue weighted by Gasteiger charge is 2.32. The van der Waals surface area contributed by atoms with E-state index in [0.29, 0.717) is 22.7 Å². The molecule has 0 unspecified atom stereocenters. The van der Waals surface area contributed by atoms with E-state index in [1.165, 1.54) is 32.8 Å². The molecule has 0 bridgehead atoms. The summed E-state index contributed by atoms with van der Waals surface area (Å²) in [5.74, 6) is 0.0435. The number of methoxy groups -OCH3 is 2. The predicted molar refractivity (Wildman–Crippen MR) is 140 cm³/mol. The first-order valence-electron chi connectivity index (χ1n) is 11.8. The highest BCUT2D eigenvalue weighted by Crippen LogP contribution is 2.35. The van der Waals surface area contributed by atoms with E-state index in [1.54, 1.807) is 18.2 Å². The summed E-state index contributed by atoms with van der Waals surface area (Å²) < 4.78 is 54.8. The van der Waals surface area contributed by atoms with Crippen molar-refractivity contribution in [2.45, 2.75) is 49.2 Å². The smallest absolute Gasteiger partial charge is 0.268 e. The monoisotopic (exact) mass is 549 g/mol. The lowest BCUT2D eigenvalue weighted by molar-refractivity contribution is 0.391. The Kier molecular flexibility index (Phi) is 8.35. The van der Waals surface area contributed by atoms with Crippen LogP contribution in [0.5, 0.6) is 11.5 Å². The molecule has 1 aromatic heterocycles. The third-order valence-electron chi connectivity index (χ3n) is 6.38. The topological polar surface area (TPSA) is 120 Å². The maximum absolute atomic E-state index is 15.4. The van der Waals surface area contributed by atoms with Crippen molar-refractivity contribution in [1.29, 1.82) is 0 Å². The molecular weight excluding hydrogens is 521 g/mol. The first-order valence-corrected chi connectivity index (χ1v) is 13.6. The first-order chi connectivity index (χ1) is 17.7. The van der Waals surface area contributed by atoms with Gasteiger partial charge in [-0.2, -0.15) is 0 Å². The number of nitrogens with zero attached hydrogens (tertiary/aromatic N) is 3. The number of halogens is 2. The SMILES string of the molecule is COc1ccc(CN(c2ccncn2)S(=O)(=O)c2cc(Cl)c(N[C@H]3CCCC[C@@H]3N)cc2F)c(OC)c1. The van der Waals surface area contributed by atoms with Crippen LogP contribution in [0.15, 0.2) is 53.8 Å². The normalized spacial score (nSPS) is 17.8. The van der Waals surface area contributed by atoms with E-state index in [1.807, 2.05) is 0 Å². The van der Waals surface area contributed by atoms with Gasteiger partial charge in [0.15, 0.2) is 0 Å². The largest absolute Gasteiger partial charge is 0.497 e. The lowest BCUT2D eigenvalue weighted by Crippen LogP contribution is -2.42. The molecule has 0 saturated heterocycles. The fourth-order valence-electron chi connectivity index (χ4n) is 4.35. The second-order valence-electron chi connectivity index (χ2n) is 8.72. The Balaban J connectivity index is 1.72. The van der Waals surface area contributed by atoms with E-state index < -0.39 is 20.7 Å². The molecular formula is C25H29ClFN5O4S. The lowest BCUT2D eigenvalue weighted by atomic mass is 9.91. The Labute approximate surface area is 220 Å². The zero-order valence-corrected chi connectivity index (χ0v) is 22.1. The highest BCUT2D eigenvalue weighted by molar-refractivity contribution is 7.92. The summed E-state index contributed by atoms with van der Waals surface area (Å²) in [5, 5.41) is 3.26. The minimum absolute atomic E-state index is 0.0544. The fourth-order valence-corrected chi connectivity index (χ4v) is 6.11. The van der Waals surface area contributed by atoms with E-state index in [4.69, 9.17) is 26.8 Å². The van der Waals surface area contributed by atoms with Crippen molar-refractivity contribution in [3.63, 3.8) is 0 Å². The molecule has 1 aliphatic rings. The van der Waals surface area contributed by atoms with Gasteiger partial charge >= 0.3 is 0 Å². The number of nitrogens with two attached hydrogens (primary N) is 1. The van der Waals surface area contributed by atoms with E-state index >= 15 is 4.39 Å². The highest BCUT2D eigenvalue weighted by atomic mass is 35.5. The number of rotatable bonds is 9. The minimum Gasteiger partial charge on any atom is -0.497 e. The van der Waals surface area contributed by atoms with E-state index in [-0.39, 0.29) is 29.5 Å². The Morgan fingerprint density at radius 3 is 2.62 bits per heavy atom. The number of ether oxygens (including phenoxy) is 2. The van der Waals surface area contributed by atoms with Crippen LogP contribution in [0.2, 0.25) is 5.02 Å². The zero-order chi connectivity index (χ0) is 26.6. The predicted octanol–water partition coefficient (Wildman–Crippen LogP) is 4.36. The van der Waals surface area contributed by atoms with Gasteiger partial charge in [-0.1, -0.05) is 24.4 Å². The van der Waals surface area contributed by atoms with Gasteiger partial charge in [0.1, 0.15) is 34.4 Å². The molecule has 1 aliphatic carbocycles. The molecule has 4 rings (SSSR count). The van der Waals surface area contributed by atoms with Crippen molar-refractivity contribution in [3.8, 4) is 11.5 Å². The summed E-state index contributed by atoms with van der Waals surface area (Å²) in [6.07, 6.45) is 6.33. The molecule has 12 heteroatoms. The number of aromatic nitrogens is 2. The van der Waals surface area contributed by atoms with Crippen LogP contribution in [0.25, 0.3) is 0 Å². The Morgan fingerprint density at radius 1 is 1.16 bits per heavy atom. The summed E-state index contributed by atoms with van der Waals surface area (Å²) in [6, 6.07) is 8.45. The Hall–Kier alpha value is -3.15. The quantitative estimate of drug-likeness (QED) is 0.404. The summed E-state index contributed by atoms with van der Waals surface area (Å²) in [6.45, 7) is -0.194. The number of anilines is 2. The van der Waals surface area contributed by atoms with Crippen LogP contribution in [0, 0.1) is 5.82 Å². The molecule has 1 saturated carbocycles. The average molecular weight is 550 g/mol. The molecule has 0 aliphatic heterocycles. The second kappa shape index (κ2) is 11.5. The minimum atomic E-state index is -4.46. The third-order valence-corrected chi connectivity index (χ3v) is 8.46. The molecule has 37 heavy (non-hydrogen) atoms. The molecule has 1 heterocycles. The van der Waals surface area contributed by atoms with Crippen molar-refractivity contribution < 1.29 is 22.3 Å². The molecule has 2 aromatic carbocycles. The van der Waals surface area contributed by atoms with Crippen molar-refractivity contribution in [2.75, 3.05) is 23.8 Å². The van der Waals surface area contributed by atoms with Crippen LogP contribution in [0.3, 0.4) is 0 Å². The summed E-state index contributed by atoms with van der Waals surface area (Å²) in [7, 11) is -1.49. The number of hydrogen-bond acceptors (Lipinski definition) is 8. The van der Waals surface area contributed by atoms with Crippen molar-refractivity contribution in [2.24, 2.45) is 5.73 Å². The van der Waals surface area contributed by atoms with Crippen molar-refractivity contribution in [1.82, 2.24) is 9.97 Å². The van der Waals surface area contributed by atoms with Crippen LogP contribution in [0.1, 0.15) is 31.2 Å². The van der Waals surface area contributed by atoms with E-state index in [0.717, 1.165) is 42.1 Å². The van der Waals surface area contributed by atoms with Crippen LogP contribution < -0.4 is 24.8 Å². The number of hydrogen-bond donors (Lipinski definition) is 2. The number of nitrogens with one attached hydrogen (secondary N) is 1. The van der Waals surface area contributed by atoms with Crippen LogP contribution in [0.4, 0.5) is 15.9 Å². The van der Waals surface area contributed by atoms with Crippen LogP contribution >= 0.6 is 11.6 Å². The maximum Gasteiger partial charge on any atom is 0.268 e. The van der Waals surface area contributed by atoms with Crippen LogP contribution in [-0.4, -0.2) is 44.7 Å². The summed E-state index contributed by atoms with van der Waals surface area (Å²) in [4.78, 5) is 7.38. The number of benzene rings is 2. The Bertz CT molecular complexity index is 1350. The molecule has 3 N–H and O–H groups in total. The van der Waals surface area contributed by atoms with Gasteiger partial charge in [-0.3, -0.25) is 0 Å². The fraction of sp³-hybridized carbons (Fsp3) is 0.360. The van der Waals surface area contributed by atoms with Gasteiger partial charge in [-0.05, 0) is 37.1 Å². The third kappa shape index (κ3) is 5.89. The van der Waals surface area contributed by atoms with Gasteiger partial charge in [0.05, 0.1) is 31.5 Å². The first kappa shape index (κ1) is 26.9. The molecule has 198 valence electrons. The zero-order valence-electron chi connectivity index (χ0n) is 20.5. The molecule has 0 amide bonds. The van der Waals surface area contributed by atoms with Crippen molar-refractivity contribution in [3.05, 3.63) is 65.3 Å². The Morgan fingerprint density at radius 2 is 1.95 bits per heavy atom. The van der Waals surface area contributed by atoms with E-state index in [2.05, 4.69) is 15.3 Å². The van der Waals surface area contributed by atoms with Gasteiger partial charge in [-0.25, -0.2) is 27.1 Å².